The van der Waals surface area contributed by atoms with Crippen molar-refractivity contribution >= 4 is 23.7 Å². The topological polar surface area (TPSA) is 105 Å². The fourth-order valence-electron chi connectivity index (χ4n) is 2.21. The van der Waals surface area contributed by atoms with Gasteiger partial charge in [-0.25, -0.2) is 4.79 Å². The Bertz CT molecular complexity index is 577. The predicted molar refractivity (Wildman–Crippen MR) is 79.7 cm³/mol. The number of carbonyl (C=O) groups is 3. The predicted octanol–water partition coefficient (Wildman–Crippen LogP) is 0.612. The quantitative estimate of drug-likeness (QED) is 0.814. The van der Waals surface area contributed by atoms with Gasteiger partial charge >= 0.3 is 6.09 Å². The molecule has 1 N–H and O–H groups in total. The van der Waals surface area contributed by atoms with Crippen molar-refractivity contribution in [2.45, 2.75) is 20.3 Å². The number of amides is 3. The van der Waals surface area contributed by atoms with Crippen LogP contribution in [-0.4, -0.2) is 65.6 Å². The fraction of sp³-hybridized carbons (Fsp3) is 0.571. The van der Waals surface area contributed by atoms with Crippen LogP contribution in [0.25, 0.3) is 0 Å². The monoisotopic (exact) mass is 324 g/mol. The van der Waals surface area contributed by atoms with Gasteiger partial charge in [0.2, 0.25) is 11.8 Å². The molecule has 0 spiro atoms. The van der Waals surface area contributed by atoms with E-state index < -0.39 is 5.91 Å². The van der Waals surface area contributed by atoms with Crippen molar-refractivity contribution < 1.29 is 23.6 Å². The van der Waals surface area contributed by atoms with Gasteiger partial charge in [0.25, 0.3) is 0 Å². The van der Waals surface area contributed by atoms with E-state index in [0.29, 0.717) is 38.5 Å². The molecule has 1 aromatic rings. The maximum absolute atomic E-state index is 12.1. The third-order valence-corrected chi connectivity index (χ3v) is 3.37. The van der Waals surface area contributed by atoms with Crippen molar-refractivity contribution in [2.75, 3.05) is 38.1 Å². The second-order valence-electron chi connectivity index (χ2n) is 5.11. The summed E-state index contributed by atoms with van der Waals surface area (Å²) >= 11 is 0. The Morgan fingerprint density at radius 2 is 1.91 bits per heavy atom. The molecule has 0 unspecified atom stereocenters. The van der Waals surface area contributed by atoms with Crippen molar-refractivity contribution in [3.8, 4) is 0 Å². The van der Waals surface area contributed by atoms with Crippen molar-refractivity contribution in [3.05, 3.63) is 11.8 Å². The molecule has 0 bridgehead atoms. The maximum Gasteiger partial charge on any atom is 0.409 e. The molecule has 9 heteroatoms. The lowest BCUT2D eigenvalue weighted by molar-refractivity contribution is -0.135. The zero-order chi connectivity index (χ0) is 16.8. The van der Waals surface area contributed by atoms with Crippen LogP contribution in [0.15, 0.2) is 10.6 Å². The van der Waals surface area contributed by atoms with Crippen LogP contribution in [0.2, 0.25) is 0 Å². The number of nitrogens with one attached hydrogen (secondary N) is 1. The lowest BCUT2D eigenvalue weighted by Gasteiger charge is -2.33. The Kier molecular flexibility index (Phi) is 5.56. The minimum atomic E-state index is -0.448. The normalized spacial score (nSPS) is 14.5. The highest BCUT2D eigenvalue weighted by Crippen LogP contribution is 2.09. The molecule has 3 amide bonds. The number of aryl methyl sites for hydroxylation is 1. The average molecular weight is 324 g/mol. The molecule has 2 rings (SSSR count). The third-order valence-electron chi connectivity index (χ3n) is 3.37. The molecule has 1 aliphatic heterocycles. The van der Waals surface area contributed by atoms with E-state index in [0.717, 1.165) is 0 Å². The Morgan fingerprint density at radius 3 is 2.48 bits per heavy atom. The van der Waals surface area contributed by atoms with Gasteiger partial charge < -0.3 is 24.4 Å². The Labute approximate surface area is 133 Å². The number of anilines is 1. The SMILES string of the molecule is CCOC(=O)N1CCN(C(=O)CC(=O)Nc2cc(C)on2)CC1. The van der Waals surface area contributed by atoms with E-state index in [2.05, 4.69) is 10.5 Å². The number of piperazine rings is 1. The summed E-state index contributed by atoms with van der Waals surface area (Å²) in [6.07, 6.45) is -0.649. The highest BCUT2D eigenvalue weighted by Gasteiger charge is 2.26. The summed E-state index contributed by atoms with van der Waals surface area (Å²) in [6.45, 7) is 5.33. The molecule has 23 heavy (non-hydrogen) atoms. The van der Waals surface area contributed by atoms with Gasteiger partial charge in [-0.2, -0.15) is 0 Å². The number of nitrogens with zero attached hydrogens (tertiary/aromatic N) is 3. The minimum absolute atomic E-state index is 0.273. The van der Waals surface area contributed by atoms with Crippen molar-refractivity contribution in [1.29, 1.82) is 0 Å². The van der Waals surface area contributed by atoms with Gasteiger partial charge in [-0.15, -0.1) is 0 Å². The molecule has 1 aliphatic rings. The largest absolute Gasteiger partial charge is 0.450 e. The molecule has 0 saturated carbocycles. The fourth-order valence-corrected chi connectivity index (χ4v) is 2.21. The van der Waals surface area contributed by atoms with Gasteiger partial charge in [-0.3, -0.25) is 9.59 Å². The molecule has 126 valence electrons. The molecule has 1 aromatic heterocycles. The summed E-state index contributed by atoms with van der Waals surface area (Å²) in [6, 6.07) is 1.57. The van der Waals surface area contributed by atoms with Crippen LogP contribution in [0.1, 0.15) is 19.1 Å². The van der Waals surface area contributed by atoms with Crippen molar-refractivity contribution in [2.24, 2.45) is 0 Å². The first-order valence-corrected chi connectivity index (χ1v) is 7.42. The molecule has 2 heterocycles. The number of carbonyl (C=O) groups excluding carboxylic acids is 3. The summed E-state index contributed by atoms with van der Waals surface area (Å²) in [4.78, 5) is 38.6. The van der Waals surface area contributed by atoms with Crippen LogP contribution in [0, 0.1) is 6.92 Å². The first-order valence-electron chi connectivity index (χ1n) is 7.42. The van der Waals surface area contributed by atoms with Crippen LogP contribution in [0.4, 0.5) is 10.6 Å². The van der Waals surface area contributed by atoms with Gasteiger partial charge in [0.15, 0.2) is 5.82 Å². The molecular formula is C14H20N4O5. The number of hydrogen-bond donors (Lipinski definition) is 1. The van der Waals surface area contributed by atoms with Crippen LogP contribution < -0.4 is 5.32 Å². The summed E-state index contributed by atoms with van der Waals surface area (Å²) < 4.78 is 9.74. The number of aromatic nitrogens is 1. The summed E-state index contributed by atoms with van der Waals surface area (Å²) in [5.41, 5.74) is 0. The van der Waals surface area contributed by atoms with Crippen LogP contribution >= 0.6 is 0 Å². The van der Waals surface area contributed by atoms with E-state index in [1.807, 2.05) is 0 Å². The first kappa shape index (κ1) is 16.8. The molecule has 0 aromatic carbocycles. The van der Waals surface area contributed by atoms with Crippen LogP contribution in [0.3, 0.4) is 0 Å². The Hall–Kier alpha value is -2.58. The molecule has 9 nitrogen and oxygen atoms in total. The van der Waals surface area contributed by atoms with E-state index in [-0.39, 0.29) is 24.2 Å². The van der Waals surface area contributed by atoms with E-state index >= 15 is 0 Å². The van der Waals surface area contributed by atoms with Gasteiger partial charge in [-0.1, -0.05) is 5.16 Å². The minimum Gasteiger partial charge on any atom is -0.450 e. The third kappa shape index (κ3) is 4.70. The lowest BCUT2D eigenvalue weighted by atomic mass is 10.2. The van der Waals surface area contributed by atoms with Crippen molar-refractivity contribution in [3.63, 3.8) is 0 Å². The zero-order valence-corrected chi connectivity index (χ0v) is 13.2. The Morgan fingerprint density at radius 1 is 1.26 bits per heavy atom. The zero-order valence-electron chi connectivity index (χ0n) is 13.2. The van der Waals surface area contributed by atoms with Gasteiger partial charge in [-0.05, 0) is 13.8 Å². The summed E-state index contributed by atoms with van der Waals surface area (Å²) in [5, 5.41) is 6.13. The second kappa shape index (κ2) is 7.61. The van der Waals surface area contributed by atoms with E-state index in [1.54, 1.807) is 29.7 Å². The van der Waals surface area contributed by atoms with Crippen LogP contribution in [-0.2, 0) is 14.3 Å². The highest BCUT2D eigenvalue weighted by atomic mass is 16.6. The Balaban J connectivity index is 1.76. The summed E-state index contributed by atoms with van der Waals surface area (Å²) in [5.74, 6) is 0.122. The van der Waals surface area contributed by atoms with Crippen LogP contribution in [0.5, 0.6) is 0 Å². The maximum atomic E-state index is 12.1. The number of rotatable bonds is 4. The molecule has 0 aliphatic carbocycles. The molecule has 0 atom stereocenters. The molecule has 0 radical (unpaired) electrons. The van der Waals surface area contributed by atoms with Crippen molar-refractivity contribution in [1.82, 2.24) is 15.0 Å². The van der Waals surface area contributed by atoms with E-state index in [4.69, 9.17) is 9.26 Å². The smallest absolute Gasteiger partial charge is 0.409 e. The van der Waals surface area contributed by atoms with E-state index in [1.165, 1.54) is 0 Å². The van der Waals surface area contributed by atoms with Gasteiger partial charge in [0, 0.05) is 32.2 Å². The highest BCUT2D eigenvalue weighted by molar-refractivity contribution is 6.03. The van der Waals surface area contributed by atoms with E-state index in [9.17, 15) is 14.4 Å². The lowest BCUT2D eigenvalue weighted by Crippen LogP contribution is -2.51. The molecule has 1 fully saturated rings. The molecule has 1 saturated heterocycles. The summed E-state index contributed by atoms with van der Waals surface area (Å²) in [7, 11) is 0. The van der Waals surface area contributed by atoms with Gasteiger partial charge in [0.1, 0.15) is 12.2 Å². The number of ether oxygens (including phenoxy) is 1. The molecular weight excluding hydrogens is 304 g/mol. The van der Waals surface area contributed by atoms with Gasteiger partial charge in [0.05, 0.1) is 6.61 Å². The first-order chi connectivity index (χ1) is 11.0. The second-order valence-corrected chi connectivity index (χ2v) is 5.11. The standard InChI is InChI=1S/C14H20N4O5/c1-3-22-14(21)18-6-4-17(5-7-18)13(20)9-12(19)15-11-8-10(2)23-16-11/h8H,3-7,9H2,1-2H3,(H,15,16,19). The average Bonchev–Trinajstić information content (AvgIpc) is 2.92. The number of hydrogen-bond acceptors (Lipinski definition) is 6.